The SMILES string of the molecule is Cc1ccc(CNC(=O)CC2CC3CCC(C2)N3)c(OCC(F)(F)F)c1.Cl. The third kappa shape index (κ3) is 6.57. The van der Waals surface area contributed by atoms with E-state index in [9.17, 15) is 18.0 Å². The van der Waals surface area contributed by atoms with E-state index in [2.05, 4.69) is 10.6 Å². The molecule has 3 rings (SSSR count). The van der Waals surface area contributed by atoms with Gasteiger partial charge in [-0.25, -0.2) is 0 Å². The highest BCUT2D eigenvalue weighted by Gasteiger charge is 2.34. The van der Waals surface area contributed by atoms with Crippen LogP contribution in [0.3, 0.4) is 0 Å². The second kappa shape index (κ2) is 9.15. The van der Waals surface area contributed by atoms with Crippen molar-refractivity contribution in [2.75, 3.05) is 6.61 Å². The van der Waals surface area contributed by atoms with Crippen LogP contribution in [0, 0.1) is 12.8 Å². The zero-order chi connectivity index (χ0) is 18.7. The van der Waals surface area contributed by atoms with Crippen LogP contribution in [0.2, 0.25) is 0 Å². The van der Waals surface area contributed by atoms with Crippen molar-refractivity contribution in [2.24, 2.45) is 5.92 Å². The number of carbonyl (C=O) groups excluding carboxylic acids is 1. The van der Waals surface area contributed by atoms with Crippen LogP contribution in [0.15, 0.2) is 18.2 Å². The van der Waals surface area contributed by atoms with Crippen molar-refractivity contribution >= 4 is 18.3 Å². The smallest absolute Gasteiger partial charge is 0.422 e. The number of fused-ring (bicyclic) bond motifs is 2. The minimum absolute atomic E-state index is 0. The van der Waals surface area contributed by atoms with E-state index in [0.29, 0.717) is 30.0 Å². The number of amides is 1. The number of benzene rings is 1. The molecule has 2 aliphatic heterocycles. The molecule has 0 saturated carbocycles. The molecule has 2 N–H and O–H groups in total. The number of alkyl halides is 3. The zero-order valence-electron chi connectivity index (χ0n) is 15.3. The Labute approximate surface area is 163 Å². The van der Waals surface area contributed by atoms with E-state index < -0.39 is 12.8 Å². The van der Waals surface area contributed by atoms with E-state index in [1.807, 2.05) is 0 Å². The number of piperidine rings is 1. The Morgan fingerprint density at radius 1 is 1.26 bits per heavy atom. The van der Waals surface area contributed by atoms with Gasteiger partial charge in [0.15, 0.2) is 6.61 Å². The highest BCUT2D eigenvalue weighted by atomic mass is 35.5. The summed E-state index contributed by atoms with van der Waals surface area (Å²) in [4.78, 5) is 12.3. The maximum Gasteiger partial charge on any atom is 0.422 e. The van der Waals surface area contributed by atoms with Crippen LogP contribution in [-0.4, -0.2) is 30.8 Å². The Balaban J connectivity index is 0.00000261. The van der Waals surface area contributed by atoms with Gasteiger partial charge in [0, 0.05) is 30.6 Å². The van der Waals surface area contributed by atoms with Gasteiger partial charge >= 0.3 is 6.18 Å². The van der Waals surface area contributed by atoms with Crippen molar-refractivity contribution in [1.29, 1.82) is 0 Å². The Hall–Kier alpha value is -1.47. The monoisotopic (exact) mass is 406 g/mol. The highest BCUT2D eigenvalue weighted by Crippen LogP contribution is 2.32. The molecule has 2 heterocycles. The van der Waals surface area contributed by atoms with Crippen LogP contribution in [0.25, 0.3) is 0 Å². The molecule has 152 valence electrons. The molecule has 1 aromatic rings. The van der Waals surface area contributed by atoms with Crippen LogP contribution in [-0.2, 0) is 11.3 Å². The summed E-state index contributed by atoms with van der Waals surface area (Å²) in [5.74, 6) is 0.494. The first-order valence-corrected chi connectivity index (χ1v) is 9.10. The predicted octanol–water partition coefficient (Wildman–Crippen LogP) is 3.89. The van der Waals surface area contributed by atoms with Crippen LogP contribution in [0.1, 0.15) is 43.2 Å². The molecule has 0 radical (unpaired) electrons. The number of ether oxygens (including phenoxy) is 1. The van der Waals surface area contributed by atoms with Gasteiger partial charge in [0.25, 0.3) is 0 Å². The number of rotatable bonds is 6. The zero-order valence-corrected chi connectivity index (χ0v) is 16.1. The fourth-order valence-corrected chi connectivity index (χ4v) is 3.97. The quantitative estimate of drug-likeness (QED) is 0.753. The second-order valence-corrected chi connectivity index (χ2v) is 7.47. The first kappa shape index (κ1) is 21.8. The van der Waals surface area contributed by atoms with Gasteiger partial charge in [0.2, 0.25) is 5.91 Å². The highest BCUT2D eigenvalue weighted by molar-refractivity contribution is 5.85. The predicted molar refractivity (Wildman–Crippen MR) is 99.1 cm³/mol. The standard InChI is InChI=1S/C19H25F3N2O2.ClH/c1-12-2-3-14(17(6-12)26-11-19(20,21)22)10-23-18(25)9-13-7-15-4-5-16(8-13)24-15;/h2-3,6,13,15-16,24H,4-5,7-11H2,1H3,(H,23,25);1H. The molecule has 1 aromatic carbocycles. The second-order valence-electron chi connectivity index (χ2n) is 7.47. The summed E-state index contributed by atoms with van der Waals surface area (Å²) in [6.45, 7) is 0.619. The minimum atomic E-state index is -4.39. The molecule has 2 saturated heterocycles. The minimum Gasteiger partial charge on any atom is -0.484 e. The van der Waals surface area contributed by atoms with Gasteiger partial charge in [0.05, 0.1) is 0 Å². The number of aryl methyl sites for hydroxylation is 1. The fraction of sp³-hybridized carbons (Fsp3) is 0.632. The van der Waals surface area contributed by atoms with E-state index in [1.54, 1.807) is 25.1 Å². The molecule has 0 spiro atoms. The number of hydrogen-bond donors (Lipinski definition) is 2. The summed E-state index contributed by atoms with van der Waals surface area (Å²) in [5, 5.41) is 6.38. The first-order chi connectivity index (χ1) is 12.3. The number of halogens is 4. The fourth-order valence-electron chi connectivity index (χ4n) is 3.97. The van der Waals surface area contributed by atoms with Crippen molar-refractivity contribution in [3.05, 3.63) is 29.3 Å². The van der Waals surface area contributed by atoms with Crippen molar-refractivity contribution < 1.29 is 22.7 Å². The molecule has 0 aliphatic carbocycles. The molecule has 4 nitrogen and oxygen atoms in total. The Morgan fingerprint density at radius 2 is 1.93 bits per heavy atom. The molecule has 2 bridgehead atoms. The molecule has 2 fully saturated rings. The Bertz CT molecular complexity index is 642. The molecule has 27 heavy (non-hydrogen) atoms. The maximum absolute atomic E-state index is 12.4. The lowest BCUT2D eigenvalue weighted by atomic mass is 9.89. The van der Waals surface area contributed by atoms with Gasteiger partial charge in [0.1, 0.15) is 5.75 Å². The average Bonchev–Trinajstić information content (AvgIpc) is 2.90. The van der Waals surface area contributed by atoms with Gasteiger partial charge in [-0.05, 0) is 50.2 Å². The first-order valence-electron chi connectivity index (χ1n) is 9.10. The molecular formula is C19H26ClF3N2O2. The third-order valence-electron chi connectivity index (χ3n) is 5.13. The number of nitrogens with one attached hydrogen (secondary N) is 2. The largest absolute Gasteiger partial charge is 0.484 e. The number of carbonyl (C=O) groups is 1. The van der Waals surface area contributed by atoms with E-state index in [1.165, 1.54) is 12.8 Å². The normalized spacial score (nSPS) is 24.2. The molecule has 2 unspecified atom stereocenters. The summed E-state index contributed by atoms with van der Waals surface area (Å²) in [6, 6.07) is 6.13. The molecular weight excluding hydrogens is 381 g/mol. The van der Waals surface area contributed by atoms with Gasteiger partial charge in [-0.3, -0.25) is 4.79 Å². The average molecular weight is 407 g/mol. The lowest BCUT2D eigenvalue weighted by Gasteiger charge is -2.28. The summed E-state index contributed by atoms with van der Waals surface area (Å²) in [6.07, 6.45) is 0.499. The summed E-state index contributed by atoms with van der Waals surface area (Å²) >= 11 is 0. The third-order valence-corrected chi connectivity index (χ3v) is 5.13. The van der Waals surface area contributed by atoms with Crippen LogP contribution < -0.4 is 15.4 Å². The summed E-state index contributed by atoms with van der Waals surface area (Å²) < 4.78 is 42.2. The van der Waals surface area contributed by atoms with Crippen LogP contribution in [0.4, 0.5) is 13.2 Å². The van der Waals surface area contributed by atoms with Crippen molar-refractivity contribution in [3.8, 4) is 5.75 Å². The van der Waals surface area contributed by atoms with Crippen LogP contribution >= 0.6 is 12.4 Å². The van der Waals surface area contributed by atoms with Gasteiger partial charge in [-0.2, -0.15) is 13.2 Å². The summed E-state index contributed by atoms with van der Waals surface area (Å²) in [7, 11) is 0. The van der Waals surface area contributed by atoms with E-state index in [-0.39, 0.29) is 30.6 Å². The topological polar surface area (TPSA) is 50.4 Å². The number of hydrogen-bond acceptors (Lipinski definition) is 3. The lowest BCUT2D eigenvalue weighted by molar-refractivity contribution is -0.153. The molecule has 0 aromatic heterocycles. The van der Waals surface area contributed by atoms with Gasteiger partial charge in [-0.15, -0.1) is 12.4 Å². The van der Waals surface area contributed by atoms with E-state index in [0.717, 1.165) is 18.4 Å². The Morgan fingerprint density at radius 3 is 2.56 bits per heavy atom. The van der Waals surface area contributed by atoms with Crippen molar-refractivity contribution in [1.82, 2.24) is 10.6 Å². The van der Waals surface area contributed by atoms with E-state index >= 15 is 0 Å². The molecule has 2 aliphatic rings. The van der Waals surface area contributed by atoms with Crippen molar-refractivity contribution in [3.63, 3.8) is 0 Å². The lowest BCUT2D eigenvalue weighted by Crippen LogP contribution is -2.39. The molecule has 8 heteroatoms. The Kier molecular flexibility index (Phi) is 7.40. The van der Waals surface area contributed by atoms with Gasteiger partial charge < -0.3 is 15.4 Å². The molecule has 1 amide bonds. The van der Waals surface area contributed by atoms with Crippen molar-refractivity contribution in [2.45, 2.75) is 63.8 Å². The van der Waals surface area contributed by atoms with Gasteiger partial charge in [-0.1, -0.05) is 12.1 Å². The van der Waals surface area contributed by atoms with Crippen LogP contribution in [0.5, 0.6) is 5.75 Å². The summed E-state index contributed by atoms with van der Waals surface area (Å²) in [5.41, 5.74) is 1.36. The maximum atomic E-state index is 12.4. The van der Waals surface area contributed by atoms with E-state index in [4.69, 9.17) is 4.74 Å². The molecule has 2 atom stereocenters.